The van der Waals surface area contributed by atoms with Crippen molar-refractivity contribution in [3.63, 3.8) is 0 Å². The van der Waals surface area contributed by atoms with Gasteiger partial charge in [-0.3, -0.25) is 9.59 Å². The normalized spacial score (nSPS) is 22.0. The number of hydrogen-bond acceptors (Lipinski definition) is 4. The third-order valence-electron chi connectivity index (χ3n) is 4.73. The summed E-state index contributed by atoms with van der Waals surface area (Å²) in [5.74, 6) is -1.96. The summed E-state index contributed by atoms with van der Waals surface area (Å²) in [4.78, 5) is 25.9. The fourth-order valence-electron chi connectivity index (χ4n) is 3.45. The number of Topliss-reactive ketones (excluding diaryl/α,β-unsaturated/α-hetero) is 1. The standard InChI is InChI=1S/C19H23BrF4N2O3/c1-10(2)8-14(25-24)18(28)26(16-11(3)29-9-15(16)27)17(19(21,22)23)12-4-6-13(20)7-5-12/h4-7,10-11,14,16-17,25H,8-9H2,1-3H3/t11-,14+,16+,17+/m1/s1. The van der Waals surface area contributed by atoms with Gasteiger partial charge in [0.2, 0.25) is 5.91 Å². The second kappa shape index (κ2) is 9.53. The number of hydrogen-bond donors (Lipinski definition) is 1. The van der Waals surface area contributed by atoms with Crippen molar-refractivity contribution in [1.29, 1.82) is 0 Å². The van der Waals surface area contributed by atoms with E-state index in [-0.39, 0.29) is 17.9 Å². The summed E-state index contributed by atoms with van der Waals surface area (Å²) in [6, 6.07) is -0.166. The highest BCUT2D eigenvalue weighted by Gasteiger charge is 2.53. The summed E-state index contributed by atoms with van der Waals surface area (Å²) in [7, 11) is 0. The Morgan fingerprint density at radius 2 is 1.90 bits per heavy atom. The second-order valence-electron chi connectivity index (χ2n) is 7.46. The Morgan fingerprint density at radius 1 is 1.31 bits per heavy atom. The topological polar surface area (TPSA) is 58.6 Å². The van der Waals surface area contributed by atoms with Crippen molar-refractivity contribution in [3.8, 4) is 0 Å². The molecule has 10 heteroatoms. The number of halogens is 5. The van der Waals surface area contributed by atoms with E-state index >= 15 is 0 Å². The molecule has 0 spiro atoms. The van der Waals surface area contributed by atoms with Gasteiger partial charge in [-0.1, -0.05) is 41.9 Å². The number of nitrogens with one attached hydrogen (secondary N) is 1. The molecular formula is C19H23BrF4N2O3. The summed E-state index contributed by atoms with van der Waals surface area (Å²) in [6.07, 6.45) is -5.89. The molecule has 1 heterocycles. The molecule has 0 unspecified atom stereocenters. The van der Waals surface area contributed by atoms with E-state index in [9.17, 15) is 27.2 Å². The maximum absolute atomic E-state index is 14.2. The van der Waals surface area contributed by atoms with Crippen LogP contribution in [0.15, 0.2) is 28.7 Å². The van der Waals surface area contributed by atoms with E-state index in [0.717, 1.165) is 0 Å². The van der Waals surface area contributed by atoms with E-state index in [1.807, 2.05) is 0 Å². The molecule has 0 radical (unpaired) electrons. The molecule has 1 N–H and O–H groups in total. The predicted octanol–water partition coefficient (Wildman–Crippen LogP) is 4.13. The zero-order valence-electron chi connectivity index (χ0n) is 16.2. The zero-order chi connectivity index (χ0) is 21.9. The van der Waals surface area contributed by atoms with Crippen molar-refractivity contribution >= 4 is 27.6 Å². The number of carbonyl (C=O) groups is 2. The third kappa shape index (κ3) is 5.55. The molecule has 0 bridgehead atoms. The average molecular weight is 483 g/mol. The largest absolute Gasteiger partial charge is 0.413 e. The molecule has 1 aromatic carbocycles. The van der Waals surface area contributed by atoms with Crippen molar-refractivity contribution in [2.45, 2.75) is 57.6 Å². The Hall–Kier alpha value is -1.52. The van der Waals surface area contributed by atoms with Crippen LogP contribution in [0.1, 0.15) is 38.8 Å². The van der Waals surface area contributed by atoms with Crippen molar-refractivity contribution in [2.75, 3.05) is 6.61 Å². The van der Waals surface area contributed by atoms with Crippen LogP contribution in [0, 0.1) is 5.92 Å². The lowest BCUT2D eigenvalue weighted by atomic mass is 9.96. The minimum atomic E-state index is -4.90. The molecule has 0 aromatic heterocycles. The van der Waals surface area contributed by atoms with E-state index in [1.165, 1.54) is 36.7 Å². The molecule has 1 fully saturated rings. The Kier molecular flexibility index (Phi) is 7.80. The van der Waals surface area contributed by atoms with E-state index in [2.05, 4.69) is 15.9 Å². The van der Waals surface area contributed by atoms with Crippen LogP contribution in [0.2, 0.25) is 0 Å². The van der Waals surface area contributed by atoms with E-state index in [1.54, 1.807) is 13.8 Å². The van der Waals surface area contributed by atoms with Crippen LogP contribution in [-0.4, -0.2) is 47.6 Å². The highest BCUT2D eigenvalue weighted by Crippen LogP contribution is 2.41. The minimum Gasteiger partial charge on any atom is -0.368 e. The number of nitrogens with zero attached hydrogens (tertiary/aromatic N) is 1. The molecule has 1 aliphatic heterocycles. The SMILES string of the molecule is CC(C)C[C@H](NF)C(=O)N([C@@H]1C(=O)CO[C@@H]1C)[C@@H](c1ccc(Br)cc1)C(F)(F)F. The number of alkyl halides is 3. The van der Waals surface area contributed by atoms with E-state index in [0.29, 0.717) is 9.37 Å². The molecule has 5 nitrogen and oxygen atoms in total. The van der Waals surface area contributed by atoms with Gasteiger partial charge < -0.3 is 9.64 Å². The van der Waals surface area contributed by atoms with Crippen LogP contribution in [0.4, 0.5) is 17.7 Å². The molecule has 1 aliphatic rings. The van der Waals surface area contributed by atoms with Crippen LogP contribution < -0.4 is 5.54 Å². The molecule has 0 saturated carbocycles. The van der Waals surface area contributed by atoms with Gasteiger partial charge in [-0.25, -0.2) is 0 Å². The first-order valence-electron chi connectivity index (χ1n) is 9.12. The van der Waals surface area contributed by atoms with E-state index < -0.39 is 48.7 Å². The summed E-state index contributed by atoms with van der Waals surface area (Å²) in [5.41, 5.74) is 1.08. The summed E-state index contributed by atoms with van der Waals surface area (Å²) in [5, 5.41) is 0. The summed E-state index contributed by atoms with van der Waals surface area (Å²) in [6.45, 7) is 4.44. The Balaban J connectivity index is 2.60. The second-order valence-corrected chi connectivity index (χ2v) is 8.38. The summed E-state index contributed by atoms with van der Waals surface area (Å²) < 4.78 is 61.7. The monoisotopic (exact) mass is 482 g/mol. The third-order valence-corrected chi connectivity index (χ3v) is 5.26. The van der Waals surface area contributed by atoms with Crippen LogP contribution in [0.5, 0.6) is 0 Å². The van der Waals surface area contributed by atoms with Gasteiger partial charge >= 0.3 is 6.18 Å². The van der Waals surface area contributed by atoms with E-state index in [4.69, 9.17) is 4.74 Å². The molecule has 162 valence electrons. The molecule has 2 rings (SSSR count). The van der Waals surface area contributed by atoms with Gasteiger partial charge in [0, 0.05) is 4.47 Å². The molecule has 1 amide bonds. The maximum atomic E-state index is 14.2. The van der Waals surface area contributed by atoms with Gasteiger partial charge in [0.25, 0.3) is 0 Å². The van der Waals surface area contributed by atoms with Crippen molar-refractivity contribution in [1.82, 2.24) is 10.4 Å². The fraction of sp³-hybridized carbons (Fsp3) is 0.579. The number of benzene rings is 1. The van der Waals surface area contributed by atoms with Crippen LogP contribution in [0.3, 0.4) is 0 Å². The molecule has 29 heavy (non-hydrogen) atoms. The number of ether oxygens (including phenoxy) is 1. The van der Waals surface area contributed by atoms with Crippen LogP contribution in [-0.2, 0) is 14.3 Å². The predicted molar refractivity (Wildman–Crippen MR) is 101 cm³/mol. The molecule has 0 aliphatic carbocycles. The zero-order valence-corrected chi connectivity index (χ0v) is 17.8. The van der Waals surface area contributed by atoms with Crippen molar-refractivity contribution in [2.24, 2.45) is 5.92 Å². The molecule has 4 atom stereocenters. The Morgan fingerprint density at radius 3 is 2.31 bits per heavy atom. The number of ketones is 1. The Labute approximate surface area is 174 Å². The van der Waals surface area contributed by atoms with Gasteiger partial charge in [0.1, 0.15) is 18.7 Å². The lowest BCUT2D eigenvalue weighted by Crippen LogP contribution is -2.57. The van der Waals surface area contributed by atoms with Crippen molar-refractivity contribution < 1.29 is 32.0 Å². The van der Waals surface area contributed by atoms with Gasteiger partial charge in [-0.15, -0.1) is 10.0 Å². The maximum Gasteiger partial charge on any atom is 0.413 e. The number of amides is 1. The molecular weight excluding hydrogens is 460 g/mol. The Bertz CT molecular complexity index is 727. The lowest BCUT2D eigenvalue weighted by molar-refractivity contribution is -0.201. The highest BCUT2D eigenvalue weighted by molar-refractivity contribution is 9.10. The lowest BCUT2D eigenvalue weighted by Gasteiger charge is -2.39. The molecule has 1 aromatic rings. The number of carbonyl (C=O) groups excluding carboxylic acids is 2. The average Bonchev–Trinajstić information content (AvgIpc) is 2.95. The first kappa shape index (κ1) is 23.8. The van der Waals surface area contributed by atoms with Gasteiger partial charge in [0.15, 0.2) is 11.8 Å². The van der Waals surface area contributed by atoms with Gasteiger partial charge in [-0.2, -0.15) is 13.2 Å². The van der Waals surface area contributed by atoms with Crippen molar-refractivity contribution in [3.05, 3.63) is 34.3 Å². The van der Waals surface area contributed by atoms with Gasteiger partial charge in [0.05, 0.1) is 6.10 Å². The smallest absolute Gasteiger partial charge is 0.368 e. The minimum absolute atomic E-state index is 0.0348. The highest BCUT2D eigenvalue weighted by atomic mass is 79.9. The first-order chi connectivity index (χ1) is 13.5. The summed E-state index contributed by atoms with van der Waals surface area (Å²) >= 11 is 3.16. The van der Waals surface area contributed by atoms with Crippen LogP contribution in [0.25, 0.3) is 0 Å². The quantitative estimate of drug-likeness (QED) is 0.468. The van der Waals surface area contributed by atoms with Crippen LogP contribution >= 0.6 is 15.9 Å². The number of rotatable bonds is 7. The first-order valence-corrected chi connectivity index (χ1v) is 9.91. The fourth-order valence-corrected chi connectivity index (χ4v) is 3.72. The molecule has 1 saturated heterocycles. The van der Waals surface area contributed by atoms with Gasteiger partial charge in [-0.05, 0) is 37.0 Å².